The zero-order valence-electron chi connectivity index (χ0n) is 10.7. The molecular formula is C13H13ClO6. The largest absolute Gasteiger partial charge is 0.518 e. The van der Waals surface area contributed by atoms with E-state index >= 15 is 0 Å². The molecule has 0 radical (unpaired) electrons. The highest BCUT2D eigenvalue weighted by Crippen LogP contribution is 2.23. The van der Waals surface area contributed by atoms with E-state index in [2.05, 4.69) is 0 Å². The molecule has 0 aliphatic rings. The van der Waals surface area contributed by atoms with Gasteiger partial charge in [0, 0.05) is 11.6 Å². The van der Waals surface area contributed by atoms with Gasteiger partial charge in [-0.15, -0.1) is 10.2 Å². The molecule has 0 fully saturated rings. The predicted molar refractivity (Wildman–Crippen MR) is 59.7 cm³/mol. The van der Waals surface area contributed by atoms with Crippen LogP contribution in [0.15, 0.2) is 52.9 Å². The van der Waals surface area contributed by atoms with Gasteiger partial charge in [-0.2, -0.15) is 0 Å². The summed E-state index contributed by atoms with van der Waals surface area (Å²) < 4.78 is 44.9. The van der Waals surface area contributed by atoms with Crippen molar-refractivity contribution >= 4 is 0 Å². The number of hydrogen-bond donors (Lipinski definition) is 0. The van der Waals surface area contributed by atoms with E-state index in [1.54, 1.807) is 0 Å². The highest BCUT2D eigenvalue weighted by atomic mass is 35.7. The van der Waals surface area contributed by atoms with Crippen molar-refractivity contribution in [3.05, 3.63) is 48.5 Å². The topological polar surface area (TPSA) is 113 Å². The average molecular weight is 301 g/mol. The maximum absolute atomic E-state index is 8.49. The zero-order valence-corrected chi connectivity index (χ0v) is 11.4. The first-order valence-corrected chi connectivity index (χ1v) is 6.86. The van der Waals surface area contributed by atoms with Crippen LogP contribution in [0.25, 0.3) is 11.3 Å². The van der Waals surface area contributed by atoms with E-state index in [4.69, 9.17) is 27.8 Å². The van der Waals surface area contributed by atoms with Crippen LogP contribution in [-0.4, -0.2) is 6.61 Å². The Morgan fingerprint density at radius 2 is 1.55 bits per heavy atom. The second-order valence-electron chi connectivity index (χ2n) is 3.49. The molecule has 7 heteroatoms. The van der Waals surface area contributed by atoms with Crippen LogP contribution in [0.4, 0.5) is 0 Å². The number of rotatable bonds is 3. The Morgan fingerprint density at radius 3 is 2.10 bits per heavy atom. The van der Waals surface area contributed by atoms with Gasteiger partial charge in [-0.1, -0.05) is 18.2 Å². The lowest BCUT2D eigenvalue weighted by Crippen LogP contribution is -2.68. The summed E-state index contributed by atoms with van der Waals surface area (Å²) >= 11 is 0. The minimum atomic E-state index is -4.94. The fourth-order valence-electron chi connectivity index (χ4n) is 1.37. The first-order chi connectivity index (χ1) is 9.40. The van der Waals surface area contributed by atoms with E-state index in [1.807, 2.05) is 55.5 Å². The van der Waals surface area contributed by atoms with E-state index in [9.17, 15) is 0 Å². The minimum absolute atomic E-state index is 0.554. The molecule has 0 N–H and O–H groups in total. The van der Waals surface area contributed by atoms with Crippen LogP contribution < -0.4 is 23.4 Å². The molecule has 0 saturated heterocycles. The van der Waals surface area contributed by atoms with Crippen molar-refractivity contribution in [2.45, 2.75) is 6.92 Å². The first kappa shape index (κ1) is 16.4. The third-order valence-corrected chi connectivity index (χ3v) is 2.04. The molecule has 0 aliphatic carbocycles. The van der Waals surface area contributed by atoms with Crippen molar-refractivity contribution in [1.82, 2.24) is 0 Å². The summed E-state index contributed by atoms with van der Waals surface area (Å²) in [4.78, 5) is 0. The summed E-state index contributed by atoms with van der Waals surface area (Å²) in [7, 11) is -4.94. The molecule has 0 saturated carbocycles. The summed E-state index contributed by atoms with van der Waals surface area (Å²) in [6.07, 6.45) is 0. The van der Waals surface area contributed by atoms with Crippen LogP contribution in [0.5, 0.6) is 5.95 Å². The lowest BCUT2D eigenvalue weighted by atomic mass is 10.2. The molecule has 6 nitrogen and oxygen atoms in total. The molecule has 1 aromatic carbocycles. The van der Waals surface area contributed by atoms with E-state index in [0.717, 1.165) is 11.3 Å². The average Bonchev–Trinajstić information content (AvgIpc) is 2.39. The van der Waals surface area contributed by atoms with E-state index in [1.165, 1.54) is 0 Å². The van der Waals surface area contributed by atoms with E-state index < -0.39 is 10.2 Å². The van der Waals surface area contributed by atoms with E-state index in [0.29, 0.717) is 12.6 Å². The van der Waals surface area contributed by atoms with Gasteiger partial charge in [-0.05, 0) is 25.1 Å². The number of hydrogen-bond acceptors (Lipinski definition) is 5. The van der Waals surface area contributed by atoms with Crippen molar-refractivity contribution in [2.75, 3.05) is 6.61 Å². The van der Waals surface area contributed by atoms with Crippen molar-refractivity contribution in [3.8, 4) is 17.3 Å². The van der Waals surface area contributed by atoms with Gasteiger partial charge in [-0.25, -0.2) is 18.6 Å². The van der Waals surface area contributed by atoms with E-state index in [-0.39, 0.29) is 0 Å². The Labute approximate surface area is 118 Å². The predicted octanol–water partition coefficient (Wildman–Crippen LogP) is -1.13. The molecule has 0 atom stereocenters. The Bertz CT molecular complexity index is 506. The van der Waals surface area contributed by atoms with Crippen molar-refractivity contribution < 1.29 is 38.0 Å². The maximum atomic E-state index is 8.49. The Balaban J connectivity index is 0.000000347. The molecule has 0 bridgehead atoms. The molecule has 0 aliphatic heterocycles. The maximum Gasteiger partial charge on any atom is 0.518 e. The van der Waals surface area contributed by atoms with Gasteiger partial charge in [0.1, 0.15) is 0 Å². The quantitative estimate of drug-likeness (QED) is 0.663. The number of halogens is 1. The SMILES string of the molecule is CCOc1cccc(-c2ccccc2)[o+]1.[O-][Cl+3]([O-])([O-])[O-]. The normalized spacial score (nSPS) is 10.4. The fraction of sp³-hybridized carbons (Fsp3) is 0.154. The van der Waals surface area contributed by atoms with Crippen molar-refractivity contribution in [2.24, 2.45) is 0 Å². The highest BCUT2D eigenvalue weighted by Gasteiger charge is 2.11. The second-order valence-corrected chi connectivity index (χ2v) is 4.24. The van der Waals surface area contributed by atoms with Gasteiger partial charge in [0.05, 0.1) is 6.07 Å². The van der Waals surface area contributed by atoms with Crippen LogP contribution in [0.3, 0.4) is 0 Å². The molecule has 108 valence electrons. The minimum Gasteiger partial charge on any atom is -0.318 e. The fourth-order valence-corrected chi connectivity index (χ4v) is 1.37. The van der Waals surface area contributed by atoms with Crippen molar-refractivity contribution in [1.29, 1.82) is 0 Å². The standard InChI is InChI=1S/C13H13O2.ClHO4/c1-2-14-13-10-6-9-12(15-13)11-7-4-3-5-8-11;2-1(3,4)5/h3-10H,2H2,1H3;(H,2,3,4,5)/q+1;/p-1. The van der Waals surface area contributed by atoms with Gasteiger partial charge in [0.15, 0.2) is 6.61 Å². The van der Waals surface area contributed by atoms with Crippen LogP contribution in [0.2, 0.25) is 0 Å². The summed E-state index contributed by atoms with van der Waals surface area (Å²) in [5.74, 6) is 1.38. The third-order valence-electron chi connectivity index (χ3n) is 2.04. The van der Waals surface area contributed by atoms with Crippen molar-refractivity contribution in [3.63, 3.8) is 0 Å². The van der Waals surface area contributed by atoms with Gasteiger partial charge in [0.25, 0.3) is 5.76 Å². The van der Waals surface area contributed by atoms with Gasteiger partial charge >= 0.3 is 5.95 Å². The molecule has 0 amide bonds. The number of ether oxygens (including phenoxy) is 1. The summed E-state index contributed by atoms with van der Waals surface area (Å²) in [5.41, 5.74) is 1.05. The molecule has 2 rings (SSSR count). The molecule has 2 aromatic rings. The van der Waals surface area contributed by atoms with Gasteiger partial charge in [-0.3, -0.25) is 4.42 Å². The smallest absolute Gasteiger partial charge is 0.318 e. The second kappa shape index (κ2) is 7.78. The van der Waals surface area contributed by atoms with Gasteiger partial charge < -0.3 is 4.74 Å². The zero-order chi connectivity index (χ0) is 15.0. The molecule has 1 heterocycles. The molecular weight excluding hydrogens is 288 g/mol. The summed E-state index contributed by atoms with van der Waals surface area (Å²) in [5, 5.41) is 0. The first-order valence-electron chi connectivity index (χ1n) is 5.63. The molecule has 0 spiro atoms. The lowest BCUT2D eigenvalue weighted by molar-refractivity contribution is -2.00. The monoisotopic (exact) mass is 300 g/mol. The number of benzene rings is 1. The van der Waals surface area contributed by atoms with Crippen LogP contribution in [-0.2, 0) is 0 Å². The summed E-state index contributed by atoms with van der Waals surface area (Å²) in [6.45, 7) is 2.55. The Kier molecular flexibility index (Phi) is 6.37. The molecule has 1 aromatic heterocycles. The highest BCUT2D eigenvalue weighted by molar-refractivity contribution is 5.56. The van der Waals surface area contributed by atoms with Crippen LogP contribution in [0, 0.1) is 10.2 Å². The molecule has 20 heavy (non-hydrogen) atoms. The van der Waals surface area contributed by atoms with Crippen LogP contribution >= 0.6 is 0 Å². The van der Waals surface area contributed by atoms with Crippen LogP contribution in [0.1, 0.15) is 6.92 Å². The summed E-state index contributed by atoms with van der Waals surface area (Å²) in [6, 6.07) is 15.6. The van der Waals surface area contributed by atoms with Gasteiger partial charge in [0.2, 0.25) is 0 Å². The molecule has 0 unspecified atom stereocenters. The Hall–Kier alpha value is -1.70. The Morgan fingerprint density at radius 1 is 0.950 bits per heavy atom. The third kappa shape index (κ3) is 7.03. The lowest BCUT2D eigenvalue weighted by Gasteiger charge is -2.17.